The summed E-state index contributed by atoms with van der Waals surface area (Å²) in [7, 11) is -3.13. The van der Waals surface area contributed by atoms with Gasteiger partial charge in [0.15, 0.2) is 0 Å². The Balaban J connectivity index is 1.72. The third kappa shape index (κ3) is 3.91. The molecule has 0 saturated carbocycles. The van der Waals surface area contributed by atoms with Crippen LogP contribution in [0.25, 0.3) is 0 Å². The van der Waals surface area contributed by atoms with Crippen LogP contribution in [0.1, 0.15) is 25.7 Å². The molecule has 0 aromatic rings. The first kappa shape index (κ1) is 13.3. The van der Waals surface area contributed by atoms with Crippen molar-refractivity contribution in [1.82, 2.24) is 10.0 Å². The predicted molar refractivity (Wildman–Crippen MR) is 66.4 cm³/mol. The fourth-order valence-electron chi connectivity index (χ4n) is 2.47. The summed E-state index contributed by atoms with van der Waals surface area (Å²) < 4.78 is 31.9. The standard InChI is InChI=1S/C11H22N2O3S/c14-17(15,11-3-7-16-8-4-11)13-6-2-10-1-5-12-9-10/h10-13H,1-9H2. The Labute approximate surface area is 103 Å². The lowest BCUT2D eigenvalue weighted by Gasteiger charge is -2.22. The van der Waals surface area contributed by atoms with Crippen molar-refractivity contribution in [2.24, 2.45) is 5.92 Å². The first-order chi connectivity index (χ1) is 8.18. The number of hydrogen-bond donors (Lipinski definition) is 2. The summed E-state index contributed by atoms with van der Waals surface area (Å²) in [5, 5.41) is 3.04. The third-order valence-corrected chi connectivity index (χ3v) is 5.58. The van der Waals surface area contributed by atoms with Crippen molar-refractivity contribution in [3.63, 3.8) is 0 Å². The van der Waals surface area contributed by atoms with Crippen LogP contribution in [0.5, 0.6) is 0 Å². The minimum atomic E-state index is -3.13. The van der Waals surface area contributed by atoms with Crippen molar-refractivity contribution in [1.29, 1.82) is 0 Å². The Morgan fingerprint density at radius 3 is 2.65 bits per heavy atom. The maximum atomic E-state index is 12.0. The van der Waals surface area contributed by atoms with Crippen LogP contribution in [0.4, 0.5) is 0 Å². The van der Waals surface area contributed by atoms with Crippen LogP contribution >= 0.6 is 0 Å². The second kappa shape index (κ2) is 6.13. The summed E-state index contributed by atoms with van der Waals surface area (Å²) >= 11 is 0. The summed E-state index contributed by atoms with van der Waals surface area (Å²) in [6, 6.07) is 0. The van der Waals surface area contributed by atoms with Gasteiger partial charge in [0.1, 0.15) is 0 Å². The van der Waals surface area contributed by atoms with Gasteiger partial charge in [0, 0.05) is 19.8 Å². The topological polar surface area (TPSA) is 67.4 Å². The highest BCUT2D eigenvalue weighted by Gasteiger charge is 2.27. The van der Waals surface area contributed by atoms with Crippen molar-refractivity contribution >= 4 is 10.0 Å². The molecule has 0 radical (unpaired) electrons. The van der Waals surface area contributed by atoms with Crippen LogP contribution < -0.4 is 10.0 Å². The van der Waals surface area contributed by atoms with Gasteiger partial charge in [-0.2, -0.15) is 0 Å². The molecule has 2 aliphatic heterocycles. The number of nitrogens with one attached hydrogen (secondary N) is 2. The van der Waals surface area contributed by atoms with Gasteiger partial charge in [-0.15, -0.1) is 0 Å². The van der Waals surface area contributed by atoms with Gasteiger partial charge >= 0.3 is 0 Å². The van der Waals surface area contributed by atoms with Crippen LogP contribution in [0, 0.1) is 5.92 Å². The monoisotopic (exact) mass is 262 g/mol. The van der Waals surface area contributed by atoms with Crippen LogP contribution in [0.3, 0.4) is 0 Å². The van der Waals surface area contributed by atoms with E-state index in [1.54, 1.807) is 0 Å². The van der Waals surface area contributed by atoms with Gasteiger partial charge in [0.25, 0.3) is 0 Å². The van der Waals surface area contributed by atoms with E-state index in [9.17, 15) is 8.42 Å². The summed E-state index contributed by atoms with van der Waals surface area (Å²) in [4.78, 5) is 0. The first-order valence-electron chi connectivity index (χ1n) is 6.45. The molecule has 6 heteroatoms. The Morgan fingerprint density at radius 2 is 2.00 bits per heavy atom. The minimum absolute atomic E-state index is 0.252. The van der Waals surface area contributed by atoms with Crippen LogP contribution in [-0.2, 0) is 14.8 Å². The van der Waals surface area contributed by atoms with E-state index in [1.165, 1.54) is 6.42 Å². The maximum Gasteiger partial charge on any atom is 0.214 e. The molecule has 0 aromatic carbocycles. The largest absolute Gasteiger partial charge is 0.381 e. The van der Waals surface area contributed by atoms with E-state index in [2.05, 4.69) is 10.0 Å². The van der Waals surface area contributed by atoms with Crippen molar-refractivity contribution in [2.75, 3.05) is 32.8 Å². The molecule has 5 nitrogen and oxygen atoms in total. The average molecular weight is 262 g/mol. The number of rotatable bonds is 5. The lowest BCUT2D eigenvalue weighted by atomic mass is 10.1. The van der Waals surface area contributed by atoms with Crippen LogP contribution in [-0.4, -0.2) is 46.5 Å². The highest BCUT2D eigenvalue weighted by Crippen LogP contribution is 2.15. The molecule has 100 valence electrons. The average Bonchev–Trinajstić information content (AvgIpc) is 2.83. The smallest absolute Gasteiger partial charge is 0.214 e. The molecule has 0 bridgehead atoms. The zero-order valence-electron chi connectivity index (χ0n) is 10.2. The summed E-state index contributed by atoms with van der Waals surface area (Å²) in [6.07, 6.45) is 3.36. The molecule has 2 heterocycles. The zero-order valence-corrected chi connectivity index (χ0v) is 11.0. The molecule has 1 unspecified atom stereocenters. The third-order valence-electron chi connectivity index (χ3n) is 3.63. The van der Waals surface area contributed by atoms with Crippen molar-refractivity contribution in [3.05, 3.63) is 0 Å². The molecular weight excluding hydrogens is 240 g/mol. The predicted octanol–water partition coefficient (Wildman–Crippen LogP) is 0.0844. The van der Waals surface area contributed by atoms with E-state index in [1.807, 2.05) is 0 Å². The molecule has 2 saturated heterocycles. The molecule has 1 atom stereocenters. The van der Waals surface area contributed by atoms with Crippen molar-refractivity contribution in [3.8, 4) is 0 Å². The highest BCUT2D eigenvalue weighted by atomic mass is 32.2. The molecular formula is C11H22N2O3S. The quantitative estimate of drug-likeness (QED) is 0.736. The summed E-state index contributed by atoms with van der Waals surface area (Å²) in [6.45, 7) is 3.80. The molecule has 2 rings (SSSR count). The molecule has 0 aliphatic carbocycles. The Bertz CT molecular complexity index is 320. The molecule has 2 fully saturated rings. The number of hydrogen-bond acceptors (Lipinski definition) is 4. The lowest BCUT2D eigenvalue weighted by molar-refractivity contribution is 0.0981. The highest BCUT2D eigenvalue weighted by molar-refractivity contribution is 7.90. The van der Waals surface area contributed by atoms with Gasteiger partial charge in [-0.05, 0) is 44.7 Å². The SMILES string of the molecule is O=S(=O)(NCCC1CCNC1)C1CCOCC1. The molecule has 2 N–H and O–H groups in total. The second-order valence-electron chi connectivity index (χ2n) is 4.90. The Kier molecular flexibility index (Phi) is 4.78. The van der Waals surface area contributed by atoms with Gasteiger partial charge < -0.3 is 10.1 Å². The molecule has 2 aliphatic rings. The number of sulfonamides is 1. The van der Waals surface area contributed by atoms with Gasteiger partial charge in [-0.3, -0.25) is 0 Å². The first-order valence-corrected chi connectivity index (χ1v) is 8.00. The van der Waals surface area contributed by atoms with E-state index < -0.39 is 10.0 Å². The molecule has 17 heavy (non-hydrogen) atoms. The van der Waals surface area contributed by atoms with E-state index >= 15 is 0 Å². The maximum absolute atomic E-state index is 12.0. The fourth-order valence-corrected chi connectivity index (χ4v) is 3.92. The van der Waals surface area contributed by atoms with Gasteiger partial charge in [-0.1, -0.05) is 0 Å². The van der Waals surface area contributed by atoms with E-state index in [0.29, 0.717) is 38.5 Å². The van der Waals surface area contributed by atoms with Gasteiger partial charge in [0.05, 0.1) is 5.25 Å². The fraction of sp³-hybridized carbons (Fsp3) is 1.00. The summed E-state index contributed by atoms with van der Waals surface area (Å²) in [5.41, 5.74) is 0. The molecule has 0 aromatic heterocycles. The minimum Gasteiger partial charge on any atom is -0.381 e. The lowest BCUT2D eigenvalue weighted by Crippen LogP contribution is -2.38. The second-order valence-corrected chi connectivity index (χ2v) is 6.94. The Morgan fingerprint density at radius 1 is 1.24 bits per heavy atom. The van der Waals surface area contributed by atoms with Crippen molar-refractivity contribution < 1.29 is 13.2 Å². The van der Waals surface area contributed by atoms with E-state index in [4.69, 9.17) is 4.74 Å². The van der Waals surface area contributed by atoms with Crippen molar-refractivity contribution in [2.45, 2.75) is 30.9 Å². The Hall–Kier alpha value is -0.170. The van der Waals surface area contributed by atoms with Gasteiger partial charge in [0.2, 0.25) is 10.0 Å². The summed E-state index contributed by atoms with van der Waals surface area (Å²) in [5.74, 6) is 0.632. The molecule has 0 amide bonds. The normalized spacial score (nSPS) is 27.4. The number of ether oxygens (including phenoxy) is 1. The van der Waals surface area contributed by atoms with Gasteiger partial charge in [-0.25, -0.2) is 13.1 Å². The van der Waals surface area contributed by atoms with Crippen LogP contribution in [0.15, 0.2) is 0 Å². The van der Waals surface area contributed by atoms with Crippen LogP contribution in [0.2, 0.25) is 0 Å². The molecule has 0 spiro atoms. The zero-order chi connectivity index (χ0) is 12.1. The van der Waals surface area contributed by atoms with E-state index in [0.717, 1.165) is 19.5 Å². The van der Waals surface area contributed by atoms with E-state index in [-0.39, 0.29) is 5.25 Å².